The van der Waals surface area contributed by atoms with E-state index in [0.717, 1.165) is 0 Å². The fraction of sp³-hybridized carbons (Fsp3) is 0.833. The zero-order chi connectivity index (χ0) is 16.6. The third kappa shape index (κ3) is 3.68. The van der Waals surface area contributed by atoms with E-state index in [2.05, 4.69) is 61.2 Å². The maximum Gasteiger partial charge on any atom is 0.192 e. The van der Waals surface area contributed by atoms with Crippen LogP contribution in [-0.4, -0.2) is 20.7 Å². The van der Waals surface area contributed by atoms with E-state index in [0.29, 0.717) is 24.7 Å². The van der Waals surface area contributed by atoms with Crippen LogP contribution in [0.5, 0.6) is 0 Å². The average molecular weight is 311 g/mol. The van der Waals surface area contributed by atoms with Gasteiger partial charge in [-0.3, -0.25) is 4.79 Å². The minimum Gasteiger partial charge on any atom is -0.416 e. The van der Waals surface area contributed by atoms with Gasteiger partial charge in [-0.25, -0.2) is 0 Å². The van der Waals surface area contributed by atoms with Crippen molar-refractivity contribution in [3.63, 3.8) is 0 Å². The highest BCUT2D eigenvalue weighted by Gasteiger charge is 2.51. The number of hydrogen-bond donors (Lipinski definition) is 0. The Hall–Kier alpha value is -0.413. The monoisotopic (exact) mass is 310 g/mol. The second-order valence-electron chi connectivity index (χ2n) is 8.88. The van der Waals surface area contributed by atoms with Crippen LogP contribution in [0.1, 0.15) is 48.0 Å². The van der Waals surface area contributed by atoms with Crippen LogP contribution in [0.4, 0.5) is 0 Å². The first-order chi connectivity index (χ1) is 9.35. The van der Waals surface area contributed by atoms with E-state index in [1.54, 1.807) is 0 Å². The SMILES string of the molecule is C=C[C@@H]1[C@@H](C(C)C)C(=O)C[C@]1(C)CO[Si](C)(C)C(C)(C)C. The summed E-state index contributed by atoms with van der Waals surface area (Å²) in [7, 11) is -1.78. The molecule has 1 rings (SSSR count). The van der Waals surface area contributed by atoms with Crippen LogP contribution in [0, 0.1) is 23.2 Å². The molecule has 0 heterocycles. The summed E-state index contributed by atoms with van der Waals surface area (Å²) >= 11 is 0. The third-order valence-electron chi connectivity index (χ3n) is 5.68. The van der Waals surface area contributed by atoms with Crippen LogP contribution >= 0.6 is 0 Å². The van der Waals surface area contributed by atoms with Gasteiger partial charge in [0.15, 0.2) is 8.32 Å². The Morgan fingerprint density at radius 1 is 1.43 bits per heavy atom. The Balaban J connectivity index is 2.92. The Morgan fingerprint density at radius 3 is 2.33 bits per heavy atom. The van der Waals surface area contributed by atoms with Crippen LogP contribution in [0.3, 0.4) is 0 Å². The van der Waals surface area contributed by atoms with E-state index >= 15 is 0 Å². The molecule has 0 aromatic rings. The number of carbonyl (C=O) groups excluding carboxylic acids is 1. The van der Waals surface area contributed by atoms with Crippen molar-refractivity contribution in [3.8, 4) is 0 Å². The Kier molecular flexibility index (Phi) is 5.32. The molecule has 0 aromatic carbocycles. The van der Waals surface area contributed by atoms with Gasteiger partial charge in [0.2, 0.25) is 0 Å². The maximum atomic E-state index is 12.4. The summed E-state index contributed by atoms with van der Waals surface area (Å²) in [5, 5.41) is 0.201. The van der Waals surface area contributed by atoms with Gasteiger partial charge in [-0.15, -0.1) is 6.58 Å². The van der Waals surface area contributed by atoms with Crippen molar-refractivity contribution in [2.24, 2.45) is 23.2 Å². The van der Waals surface area contributed by atoms with Gasteiger partial charge in [0.05, 0.1) is 0 Å². The van der Waals surface area contributed by atoms with Crippen LogP contribution < -0.4 is 0 Å². The first kappa shape index (κ1) is 18.6. The van der Waals surface area contributed by atoms with Gasteiger partial charge in [-0.2, -0.15) is 0 Å². The van der Waals surface area contributed by atoms with Crippen LogP contribution in [0.25, 0.3) is 0 Å². The minimum absolute atomic E-state index is 0.0940. The Bertz CT molecular complexity index is 406. The normalized spacial score (nSPS) is 31.0. The van der Waals surface area contributed by atoms with Gasteiger partial charge in [0, 0.05) is 24.4 Å². The fourth-order valence-electron chi connectivity index (χ4n) is 3.19. The van der Waals surface area contributed by atoms with Crippen molar-refractivity contribution < 1.29 is 9.22 Å². The Morgan fingerprint density at radius 2 is 1.95 bits per heavy atom. The quantitative estimate of drug-likeness (QED) is 0.524. The molecule has 0 aliphatic heterocycles. The molecule has 1 saturated carbocycles. The highest BCUT2D eigenvalue weighted by atomic mass is 28.4. The number of ketones is 1. The highest BCUT2D eigenvalue weighted by Crippen LogP contribution is 2.49. The van der Waals surface area contributed by atoms with Gasteiger partial charge in [0.25, 0.3) is 0 Å². The molecular formula is C18H34O2Si. The molecular weight excluding hydrogens is 276 g/mol. The van der Waals surface area contributed by atoms with Gasteiger partial charge in [-0.1, -0.05) is 47.6 Å². The van der Waals surface area contributed by atoms with E-state index in [1.807, 2.05) is 6.08 Å². The standard InChI is InChI=1S/C18H34O2Si/c1-10-14-16(13(2)3)15(19)11-18(14,7)12-20-21(8,9)17(4,5)6/h10,13-14,16H,1,11-12H2,2-9H3/t14-,16-,18-/m1/s1. The lowest BCUT2D eigenvalue weighted by atomic mass is 9.75. The van der Waals surface area contributed by atoms with E-state index in [1.165, 1.54) is 0 Å². The molecule has 1 aliphatic carbocycles. The molecule has 0 radical (unpaired) electrons. The van der Waals surface area contributed by atoms with Gasteiger partial charge < -0.3 is 4.43 Å². The zero-order valence-corrected chi connectivity index (χ0v) is 16.2. The van der Waals surface area contributed by atoms with Crippen molar-refractivity contribution in [1.29, 1.82) is 0 Å². The molecule has 0 amide bonds. The highest BCUT2D eigenvalue weighted by molar-refractivity contribution is 6.74. The first-order valence-electron chi connectivity index (χ1n) is 8.15. The molecule has 3 heteroatoms. The predicted molar refractivity (Wildman–Crippen MR) is 92.9 cm³/mol. The van der Waals surface area contributed by atoms with Gasteiger partial charge in [0.1, 0.15) is 5.78 Å². The van der Waals surface area contributed by atoms with Crippen molar-refractivity contribution in [1.82, 2.24) is 0 Å². The molecule has 21 heavy (non-hydrogen) atoms. The Labute approximate surface area is 132 Å². The molecule has 0 spiro atoms. The van der Waals surface area contributed by atoms with Gasteiger partial charge in [-0.05, 0) is 30.0 Å². The number of rotatable bonds is 5. The lowest BCUT2D eigenvalue weighted by molar-refractivity contribution is -0.122. The molecule has 0 N–H and O–H groups in total. The average Bonchev–Trinajstić information content (AvgIpc) is 2.56. The number of hydrogen-bond acceptors (Lipinski definition) is 2. The molecule has 0 unspecified atom stereocenters. The van der Waals surface area contributed by atoms with Crippen molar-refractivity contribution in [3.05, 3.63) is 12.7 Å². The van der Waals surface area contributed by atoms with Crippen LogP contribution in [0.2, 0.25) is 18.1 Å². The molecule has 1 fully saturated rings. The predicted octanol–water partition coefficient (Wildman–Crippen LogP) is 5.06. The second-order valence-corrected chi connectivity index (χ2v) is 13.7. The molecule has 0 saturated heterocycles. The lowest BCUT2D eigenvalue weighted by Gasteiger charge is -2.40. The summed E-state index contributed by atoms with van der Waals surface area (Å²) in [6.45, 7) is 22.5. The smallest absolute Gasteiger partial charge is 0.192 e. The minimum atomic E-state index is -1.78. The number of carbonyl (C=O) groups is 1. The molecule has 0 bridgehead atoms. The summed E-state index contributed by atoms with van der Waals surface area (Å²) in [4.78, 5) is 12.4. The number of allylic oxidation sites excluding steroid dienone is 1. The van der Waals surface area contributed by atoms with Crippen molar-refractivity contribution in [2.45, 2.75) is 66.1 Å². The maximum absolute atomic E-state index is 12.4. The van der Waals surface area contributed by atoms with E-state index in [4.69, 9.17) is 4.43 Å². The van der Waals surface area contributed by atoms with Crippen LogP contribution in [-0.2, 0) is 9.22 Å². The second kappa shape index (κ2) is 6.00. The first-order valence-corrected chi connectivity index (χ1v) is 11.1. The molecule has 3 atom stereocenters. The lowest BCUT2D eigenvalue weighted by Crippen LogP contribution is -2.44. The molecule has 2 nitrogen and oxygen atoms in total. The fourth-order valence-corrected chi connectivity index (χ4v) is 4.32. The summed E-state index contributed by atoms with van der Waals surface area (Å²) in [6, 6.07) is 0. The molecule has 0 aromatic heterocycles. The van der Waals surface area contributed by atoms with Gasteiger partial charge >= 0.3 is 0 Å². The van der Waals surface area contributed by atoms with E-state index in [-0.39, 0.29) is 22.3 Å². The topological polar surface area (TPSA) is 26.3 Å². The van der Waals surface area contributed by atoms with E-state index in [9.17, 15) is 4.79 Å². The van der Waals surface area contributed by atoms with Crippen molar-refractivity contribution >= 4 is 14.1 Å². The van der Waals surface area contributed by atoms with Crippen LogP contribution in [0.15, 0.2) is 12.7 Å². The number of Topliss-reactive ketones (excluding diaryl/α,β-unsaturated/α-hetero) is 1. The molecule has 1 aliphatic rings. The summed E-state index contributed by atoms with van der Waals surface area (Å²) in [5.41, 5.74) is -0.0940. The largest absolute Gasteiger partial charge is 0.416 e. The zero-order valence-electron chi connectivity index (χ0n) is 15.2. The summed E-state index contributed by atoms with van der Waals surface area (Å²) < 4.78 is 6.43. The third-order valence-corrected chi connectivity index (χ3v) is 10.2. The molecule has 122 valence electrons. The van der Waals surface area contributed by atoms with Crippen molar-refractivity contribution in [2.75, 3.05) is 6.61 Å². The summed E-state index contributed by atoms with van der Waals surface area (Å²) in [5.74, 6) is 1.09. The summed E-state index contributed by atoms with van der Waals surface area (Å²) in [6.07, 6.45) is 2.62. The van der Waals surface area contributed by atoms with E-state index < -0.39 is 8.32 Å².